The summed E-state index contributed by atoms with van der Waals surface area (Å²) >= 11 is 7.67. The van der Waals surface area contributed by atoms with Gasteiger partial charge in [-0.2, -0.15) is 0 Å². The second-order valence-corrected chi connectivity index (χ2v) is 4.87. The standard InChI is InChI=1S/C11H13ClN4S/c1-3-8-15-10(12)7(2)11(16-8)14-6-9-13-4-5-17-9/h4-5H,3,6H2,1-2H3,(H,14,15,16). The third-order valence-corrected chi connectivity index (χ3v) is 3.49. The van der Waals surface area contributed by atoms with Crippen LogP contribution >= 0.6 is 22.9 Å². The zero-order valence-electron chi connectivity index (χ0n) is 9.70. The lowest BCUT2D eigenvalue weighted by Crippen LogP contribution is -2.06. The van der Waals surface area contributed by atoms with Crippen molar-refractivity contribution in [1.29, 1.82) is 0 Å². The van der Waals surface area contributed by atoms with E-state index in [1.54, 1.807) is 17.5 Å². The van der Waals surface area contributed by atoms with Crippen LogP contribution in [-0.2, 0) is 13.0 Å². The summed E-state index contributed by atoms with van der Waals surface area (Å²) in [5.74, 6) is 1.54. The van der Waals surface area contributed by atoms with Crippen molar-refractivity contribution >= 4 is 28.8 Å². The Morgan fingerprint density at radius 1 is 1.41 bits per heavy atom. The van der Waals surface area contributed by atoms with Gasteiger partial charge in [-0.15, -0.1) is 11.3 Å². The van der Waals surface area contributed by atoms with E-state index in [4.69, 9.17) is 11.6 Å². The van der Waals surface area contributed by atoms with Crippen molar-refractivity contribution < 1.29 is 0 Å². The van der Waals surface area contributed by atoms with E-state index in [9.17, 15) is 0 Å². The molecule has 0 saturated heterocycles. The molecule has 1 N–H and O–H groups in total. The van der Waals surface area contributed by atoms with Gasteiger partial charge in [0.25, 0.3) is 0 Å². The van der Waals surface area contributed by atoms with E-state index in [0.717, 1.165) is 28.6 Å². The predicted octanol–water partition coefficient (Wildman–Crippen LogP) is 3.07. The second-order valence-electron chi connectivity index (χ2n) is 3.54. The molecule has 0 fully saturated rings. The summed E-state index contributed by atoms with van der Waals surface area (Å²) in [5.41, 5.74) is 0.875. The number of hydrogen-bond donors (Lipinski definition) is 1. The van der Waals surface area contributed by atoms with Gasteiger partial charge in [0.05, 0.1) is 6.54 Å². The number of anilines is 1. The van der Waals surface area contributed by atoms with E-state index in [-0.39, 0.29) is 0 Å². The zero-order chi connectivity index (χ0) is 12.3. The Labute approximate surface area is 109 Å². The Morgan fingerprint density at radius 2 is 2.24 bits per heavy atom. The maximum Gasteiger partial charge on any atom is 0.137 e. The molecule has 90 valence electrons. The van der Waals surface area contributed by atoms with Gasteiger partial charge in [0.15, 0.2) is 0 Å². The first-order valence-corrected chi connectivity index (χ1v) is 6.61. The van der Waals surface area contributed by atoms with Gasteiger partial charge in [-0.1, -0.05) is 18.5 Å². The summed E-state index contributed by atoms with van der Waals surface area (Å²) in [6.45, 7) is 4.58. The van der Waals surface area contributed by atoms with Crippen molar-refractivity contribution in [3.8, 4) is 0 Å². The van der Waals surface area contributed by atoms with Crippen molar-refractivity contribution in [2.45, 2.75) is 26.8 Å². The molecular formula is C11H13ClN4S. The number of halogens is 1. The number of hydrogen-bond acceptors (Lipinski definition) is 5. The number of aryl methyl sites for hydroxylation is 1. The molecule has 4 nitrogen and oxygen atoms in total. The first kappa shape index (κ1) is 12.3. The van der Waals surface area contributed by atoms with Crippen LogP contribution in [0, 0.1) is 6.92 Å². The molecule has 2 heterocycles. The van der Waals surface area contributed by atoms with E-state index in [1.807, 2.05) is 19.2 Å². The number of rotatable bonds is 4. The molecule has 0 amide bonds. The summed E-state index contributed by atoms with van der Waals surface area (Å²) < 4.78 is 0. The Morgan fingerprint density at radius 3 is 2.88 bits per heavy atom. The number of thiazole rings is 1. The molecule has 0 aliphatic heterocycles. The molecule has 0 aliphatic carbocycles. The summed E-state index contributed by atoms with van der Waals surface area (Å²) in [6, 6.07) is 0. The van der Waals surface area contributed by atoms with Crippen molar-refractivity contribution in [1.82, 2.24) is 15.0 Å². The minimum Gasteiger partial charge on any atom is -0.363 e. The number of aromatic nitrogens is 3. The van der Waals surface area contributed by atoms with Crippen LogP contribution in [0.3, 0.4) is 0 Å². The second kappa shape index (κ2) is 5.42. The summed E-state index contributed by atoms with van der Waals surface area (Å²) in [6.07, 6.45) is 2.56. The molecule has 0 radical (unpaired) electrons. The van der Waals surface area contributed by atoms with Crippen LogP contribution in [0.15, 0.2) is 11.6 Å². The molecule has 2 rings (SSSR count). The van der Waals surface area contributed by atoms with E-state index >= 15 is 0 Å². The van der Waals surface area contributed by atoms with Gasteiger partial charge in [-0.05, 0) is 6.92 Å². The third-order valence-electron chi connectivity index (χ3n) is 2.34. The predicted molar refractivity (Wildman–Crippen MR) is 70.6 cm³/mol. The fourth-order valence-corrected chi connectivity index (χ4v) is 2.11. The van der Waals surface area contributed by atoms with E-state index in [2.05, 4.69) is 20.3 Å². The number of nitrogens with zero attached hydrogens (tertiary/aromatic N) is 3. The van der Waals surface area contributed by atoms with Gasteiger partial charge in [-0.3, -0.25) is 0 Å². The van der Waals surface area contributed by atoms with Gasteiger partial charge >= 0.3 is 0 Å². The van der Waals surface area contributed by atoms with Crippen LogP contribution < -0.4 is 5.32 Å². The molecular weight excluding hydrogens is 256 g/mol. The normalized spacial score (nSPS) is 10.5. The van der Waals surface area contributed by atoms with E-state index < -0.39 is 0 Å². The molecule has 17 heavy (non-hydrogen) atoms. The molecule has 0 bridgehead atoms. The zero-order valence-corrected chi connectivity index (χ0v) is 11.3. The molecule has 6 heteroatoms. The first-order valence-electron chi connectivity index (χ1n) is 5.36. The van der Waals surface area contributed by atoms with Gasteiger partial charge in [-0.25, -0.2) is 15.0 Å². The van der Waals surface area contributed by atoms with Gasteiger partial charge in [0.1, 0.15) is 21.8 Å². The summed E-state index contributed by atoms with van der Waals surface area (Å²) in [5, 5.41) is 6.73. The smallest absolute Gasteiger partial charge is 0.137 e. The van der Waals surface area contributed by atoms with Crippen molar-refractivity contribution in [3.05, 3.63) is 33.1 Å². The average molecular weight is 269 g/mol. The molecule has 2 aromatic rings. The Bertz CT molecular complexity index is 498. The fourth-order valence-electron chi connectivity index (χ4n) is 1.36. The summed E-state index contributed by atoms with van der Waals surface area (Å²) in [7, 11) is 0. The van der Waals surface area contributed by atoms with Crippen LogP contribution in [0.25, 0.3) is 0 Å². The minimum absolute atomic E-state index is 0.512. The Balaban J connectivity index is 2.17. The highest BCUT2D eigenvalue weighted by Gasteiger charge is 2.08. The average Bonchev–Trinajstić information content (AvgIpc) is 2.84. The molecule has 0 spiro atoms. The maximum absolute atomic E-state index is 6.05. The molecule has 0 aliphatic rings. The van der Waals surface area contributed by atoms with Crippen LogP contribution in [0.5, 0.6) is 0 Å². The third kappa shape index (κ3) is 2.92. The fraction of sp³-hybridized carbons (Fsp3) is 0.364. The lowest BCUT2D eigenvalue weighted by Gasteiger charge is -2.09. The van der Waals surface area contributed by atoms with Crippen molar-refractivity contribution in [2.75, 3.05) is 5.32 Å². The van der Waals surface area contributed by atoms with Crippen molar-refractivity contribution in [2.24, 2.45) is 0 Å². The summed E-state index contributed by atoms with van der Waals surface area (Å²) in [4.78, 5) is 12.8. The van der Waals surface area contributed by atoms with Crippen LogP contribution in [0.1, 0.15) is 23.3 Å². The lowest BCUT2D eigenvalue weighted by atomic mass is 10.3. The first-order chi connectivity index (χ1) is 8.20. The largest absolute Gasteiger partial charge is 0.363 e. The molecule has 0 unspecified atom stereocenters. The Hall–Kier alpha value is -1.20. The highest BCUT2D eigenvalue weighted by Crippen LogP contribution is 2.20. The highest BCUT2D eigenvalue weighted by atomic mass is 35.5. The Kier molecular flexibility index (Phi) is 3.91. The SMILES string of the molecule is CCc1nc(Cl)c(C)c(NCc2nccs2)n1. The van der Waals surface area contributed by atoms with Crippen LogP contribution in [0.2, 0.25) is 5.15 Å². The van der Waals surface area contributed by atoms with Gasteiger partial charge in [0.2, 0.25) is 0 Å². The molecule has 2 aromatic heterocycles. The van der Waals surface area contributed by atoms with E-state index in [1.165, 1.54) is 0 Å². The number of nitrogens with one attached hydrogen (secondary N) is 1. The van der Waals surface area contributed by atoms with Crippen LogP contribution in [-0.4, -0.2) is 15.0 Å². The van der Waals surface area contributed by atoms with Crippen molar-refractivity contribution in [3.63, 3.8) is 0 Å². The molecule has 0 aromatic carbocycles. The monoisotopic (exact) mass is 268 g/mol. The highest BCUT2D eigenvalue weighted by molar-refractivity contribution is 7.09. The quantitative estimate of drug-likeness (QED) is 0.866. The minimum atomic E-state index is 0.512. The topological polar surface area (TPSA) is 50.7 Å². The lowest BCUT2D eigenvalue weighted by molar-refractivity contribution is 0.921. The van der Waals surface area contributed by atoms with Gasteiger partial charge < -0.3 is 5.32 Å². The maximum atomic E-state index is 6.05. The molecule has 0 saturated carbocycles. The van der Waals surface area contributed by atoms with Crippen LogP contribution in [0.4, 0.5) is 5.82 Å². The van der Waals surface area contributed by atoms with Gasteiger partial charge in [0, 0.05) is 23.6 Å². The van der Waals surface area contributed by atoms with E-state index in [0.29, 0.717) is 11.7 Å². The molecule has 0 atom stereocenters.